The Morgan fingerprint density at radius 3 is 2.50 bits per heavy atom. The highest BCUT2D eigenvalue weighted by molar-refractivity contribution is 5.13. The minimum atomic E-state index is 0.963. The molecule has 0 atom stereocenters. The van der Waals surface area contributed by atoms with Crippen LogP contribution in [0.4, 0.5) is 0 Å². The summed E-state index contributed by atoms with van der Waals surface area (Å²) in [6, 6.07) is 10.6. The molecule has 108 valence electrons. The summed E-state index contributed by atoms with van der Waals surface area (Å²) >= 11 is 0. The Kier molecular flexibility index (Phi) is 6.36. The standard InChI is InChI=1S/C18H27N2/c1-2-3-4-5-6-10-13-19-14-15-20(17-19)16-18-11-8-7-9-12-18/h7-9,11-12,14-15,17H,2-6,10,13,16H2,1H3/q+1. The molecule has 2 nitrogen and oxygen atoms in total. The number of nitrogens with zero attached hydrogens (tertiary/aromatic N) is 2. The van der Waals surface area contributed by atoms with E-state index >= 15 is 0 Å². The third kappa shape index (κ3) is 5.20. The van der Waals surface area contributed by atoms with Gasteiger partial charge in [0.1, 0.15) is 18.9 Å². The van der Waals surface area contributed by atoms with Gasteiger partial charge >= 0.3 is 0 Å². The fourth-order valence-electron chi connectivity index (χ4n) is 2.53. The van der Waals surface area contributed by atoms with Crippen LogP contribution in [0.5, 0.6) is 0 Å². The fourth-order valence-corrected chi connectivity index (χ4v) is 2.53. The van der Waals surface area contributed by atoms with Crippen LogP contribution < -0.4 is 4.57 Å². The molecule has 1 aromatic heterocycles. The largest absolute Gasteiger partial charge is 0.244 e. The van der Waals surface area contributed by atoms with E-state index in [4.69, 9.17) is 0 Å². The average Bonchev–Trinajstić information content (AvgIpc) is 2.91. The zero-order valence-electron chi connectivity index (χ0n) is 12.7. The van der Waals surface area contributed by atoms with Gasteiger partial charge in [-0.15, -0.1) is 0 Å². The number of hydrogen-bond donors (Lipinski definition) is 0. The first-order chi connectivity index (χ1) is 9.88. The molecule has 1 aromatic carbocycles. The first kappa shape index (κ1) is 14.8. The molecule has 2 rings (SSSR count). The molecule has 0 radical (unpaired) electrons. The van der Waals surface area contributed by atoms with Crippen molar-refractivity contribution in [3.8, 4) is 0 Å². The number of hydrogen-bond acceptors (Lipinski definition) is 0. The fraction of sp³-hybridized carbons (Fsp3) is 0.500. The van der Waals surface area contributed by atoms with Crippen molar-refractivity contribution in [2.45, 2.75) is 58.5 Å². The molecule has 0 aliphatic heterocycles. The van der Waals surface area contributed by atoms with Crippen molar-refractivity contribution >= 4 is 0 Å². The monoisotopic (exact) mass is 271 g/mol. The van der Waals surface area contributed by atoms with Gasteiger partial charge in [0.2, 0.25) is 6.33 Å². The van der Waals surface area contributed by atoms with Gasteiger partial charge in [0, 0.05) is 0 Å². The number of benzene rings is 1. The number of aromatic nitrogens is 2. The second kappa shape index (κ2) is 8.57. The lowest BCUT2D eigenvalue weighted by molar-refractivity contribution is -0.687. The van der Waals surface area contributed by atoms with Crippen molar-refractivity contribution in [3.05, 3.63) is 54.6 Å². The quantitative estimate of drug-likeness (QED) is 0.478. The van der Waals surface area contributed by atoms with E-state index in [-0.39, 0.29) is 0 Å². The van der Waals surface area contributed by atoms with Crippen LogP contribution >= 0.6 is 0 Å². The summed E-state index contributed by atoms with van der Waals surface area (Å²) in [6.07, 6.45) is 14.7. The van der Waals surface area contributed by atoms with Gasteiger partial charge in [0.05, 0.1) is 6.54 Å². The van der Waals surface area contributed by atoms with Gasteiger partial charge in [-0.1, -0.05) is 62.9 Å². The van der Waals surface area contributed by atoms with E-state index in [0.29, 0.717) is 0 Å². The predicted octanol–water partition coefficient (Wildman–Crippen LogP) is 4.18. The first-order valence-corrected chi connectivity index (χ1v) is 7.97. The molecule has 0 N–H and O–H groups in total. The summed E-state index contributed by atoms with van der Waals surface area (Å²) < 4.78 is 4.56. The van der Waals surface area contributed by atoms with Gasteiger partial charge in [0.15, 0.2) is 0 Å². The molecule has 0 amide bonds. The van der Waals surface area contributed by atoms with Crippen molar-refractivity contribution in [2.75, 3.05) is 0 Å². The van der Waals surface area contributed by atoms with Crippen LogP contribution in [0.25, 0.3) is 0 Å². The lowest BCUT2D eigenvalue weighted by Crippen LogP contribution is -2.31. The molecule has 0 fully saturated rings. The maximum Gasteiger partial charge on any atom is 0.244 e. The van der Waals surface area contributed by atoms with E-state index in [2.05, 4.69) is 65.1 Å². The van der Waals surface area contributed by atoms with E-state index in [1.54, 1.807) is 0 Å². The minimum absolute atomic E-state index is 0.963. The number of aryl methyl sites for hydroxylation is 1. The smallest absolute Gasteiger partial charge is 0.237 e. The Hall–Kier alpha value is -1.57. The second-order valence-corrected chi connectivity index (χ2v) is 5.58. The van der Waals surface area contributed by atoms with Crippen LogP contribution in [-0.2, 0) is 13.1 Å². The number of unbranched alkanes of at least 4 members (excludes halogenated alkanes) is 5. The molecule has 1 heterocycles. The van der Waals surface area contributed by atoms with Crippen LogP contribution in [0.2, 0.25) is 0 Å². The second-order valence-electron chi connectivity index (χ2n) is 5.58. The Labute approximate surface area is 123 Å². The maximum atomic E-state index is 2.31. The van der Waals surface area contributed by atoms with Gasteiger partial charge in [0.25, 0.3) is 0 Å². The topological polar surface area (TPSA) is 8.81 Å². The Balaban J connectivity index is 1.70. The number of imidazole rings is 1. The van der Waals surface area contributed by atoms with Gasteiger partial charge in [-0.3, -0.25) is 0 Å². The van der Waals surface area contributed by atoms with E-state index in [0.717, 1.165) is 13.1 Å². The molecule has 2 heteroatoms. The molecule has 0 spiro atoms. The molecule has 0 bridgehead atoms. The first-order valence-electron chi connectivity index (χ1n) is 7.97. The van der Waals surface area contributed by atoms with E-state index < -0.39 is 0 Å². The molecule has 0 unspecified atom stereocenters. The van der Waals surface area contributed by atoms with E-state index in [1.807, 2.05) is 0 Å². The summed E-state index contributed by atoms with van der Waals surface area (Å²) in [7, 11) is 0. The highest BCUT2D eigenvalue weighted by Crippen LogP contribution is 2.06. The van der Waals surface area contributed by atoms with Gasteiger partial charge in [-0.25, -0.2) is 9.13 Å². The Bertz CT molecular complexity index is 473. The van der Waals surface area contributed by atoms with Crippen LogP contribution in [0.3, 0.4) is 0 Å². The lowest BCUT2D eigenvalue weighted by atomic mass is 10.1. The number of rotatable bonds is 9. The third-order valence-corrected chi connectivity index (χ3v) is 3.72. The van der Waals surface area contributed by atoms with Gasteiger partial charge < -0.3 is 0 Å². The van der Waals surface area contributed by atoms with Crippen molar-refractivity contribution in [3.63, 3.8) is 0 Å². The van der Waals surface area contributed by atoms with Crippen LogP contribution in [0.15, 0.2) is 49.1 Å². The SMILES string of the molecule is CCCCCCCCn1cc[n+](Cc2ccccc2)c1. The highest BCUT2D eigenvalue weighted by Gasteiger charge is 2.04. The molecule has 0 aliphatic rings. The van der Waals surface area contributed by atoms with Crippen molar-refractivity contribution in [2.24, 2.45) is 0 Å². The maximum absolute atomic E-state index is 2.31. The molecule has 0 saturated carbocycles. The molecule has 0 aliphatic carbocycles. The minimum Gasteiger partial charge on any atom is -0.237 e. The lowest BCUT2D eigenvalue weighted by Gasteiger charge is -1.99. The zero-order valence-corrected chi connectivity index (χ0v) is 12.7. The summed E-state index contributed by atoms with van der Waals surface area (Å²) in [4.78, 5) is 0. The molecule has 2 aromatic rings. The Morgan fingerprint density at radius 2 is 1.70 bits per heavy atom. The third-order valence-electron chi connectivity index (χ3n) is 3.72. The zero-order chi connectivity index (χ0) is 14.0. The van der Waals surface area contributed by atoms with Crippen LogP contribution in [0.1, 0.15) is 51.0 Å². The van der Waals surface area contributed by atoms with Crippen LogP contribution in [-0.4, -0.2) is 4.57 Å². The normalized spacial score (nSPS) is 10.8. The molecule has 20 heavy (non-hydrogen) atoms. The highest BCUT2D eigenvalue weighted by atomic mass is 15.1. The molecular weight excluding hydrogens is 244 g/mol. The van der Waals surface area contributed by atoms with Crippen LogP contribution in [0, 0.1) is 0 Å². The van der Waals surface area contributed by atoms with Crippen molar-refractivity contribution in [1.29, 1.82) is 0 Å². The molecule has 0 saturated heterocycles. The average molecular weight is 271 g/mol. The summed E-state index contributed by atoms with van der Waals surface area (Å²) in [6.45, 7) is 4.38. The summed E-state index contributed by atoms with van der Waals surface area (Å²) in [5.74, 6) is 0. The predicted molar refractivity (Wildman–Crippen MR) is 83.5 cm³/mol. The van der Waals surface area contributed by atoms with Gasteiger partial charge in [-0.2, -0.15) is 0 Å². The molecular formula is C18H27N2+. The van der Waals surface area contributed by atoms with Gasteiger partial charge in [-0.05, 0) is 18.4 Å². The Morgan fingerprint density at radius 1 is 0.950 bits per heavy atom. The van der Waals surface area contributed by atoms with E-state index in [1.165, 1.54) is 44.1 Å². The van der Waals surface area contributed by atoms with Crippen molar-refractivity contribution in [1.82, 2.24) is 4.57 Å². The van der Waals surface area contributed by atoms with E-state index in [9.17, 15) is 0 Å². The van der Waals surface area contributed by atoms with Crippen molar-refractivity contribution < 1.29 is 4.57 Å². The summed E-state index contributed by atoms with van der Waals surface area (Å²) in [5, 5.41) is 0. The summed E-state index contributed by atoms with van der Waals surface area (Å²) in [5.41, 5.74) is 1.36.